The first-order chi connectivity index (χ1) is 13.9. The van der Waals surface area contributed by atoms with E-state index in [0.717, 1.165) is 19.4 Å². The zero-order valence-electron chi connectivity index (χ0n) is 15.9. The van der Waals surface area contributed by atoms with Gasteiger partial charge in [0, 0.05) is 34.9 Å². The predicted molar refractivity (Wildman–Crippen MR) is 114 cm³/mol. The van der Waals surface area contributed by atoms with Crippen LogP contribution in [-0.4, -0.2) is 35.4 Å². The molecule has 6 nitrogen and oxygen atoms in total. The van der Waals surface area contributed by atoms with Gasteiger partial charge in [0.05, 0.1) is 11.6 Å². The van der Waals surface area contributed by atoms with Crippen molar-refractivity contribution < 1.29 is 19.7 Å². The highest BCUT2D eigenvalue weighted by Crippen LogP contribution is 2.32. The van der Waals surface area contributed by atoms with Gasteiger partial charge < -0.3 is 25.6 Å². The Balaban J connectivity index is 1.54. The Morgan fingerprint density at radius 3 is 2.76 bits per heavy atom. The first-order valence-electron chi connectivity index (χ1n) is 9.58. The number of phenols is 2. The third-order valence-electron chi connectivity index (χ3n) is 4.92. The number of nitrogens with one attached hydrogen (secondary N) is 2. The Bertz CT molecular complexity index is 870. The Morgan fingerprint density at radius 2 is 2.03 bits per heavy atom. The molecule has 1 aliphatic rings. The van der Waals surface area contributed by atoms with Gasteiger partial charge in [-0.1, -0.05) is 29.6 Å². The van der Waals surface area contributed by atoms with Crippen molar-refractivity contribution in [3.8, 4) is 11.5 Å². The van der Waals surface area contributed by atoms with Gasteiger partial charge in [0.1, 0.15) is 17.1 Å². The van der Waals surface area contributed by atoms with E-state index < -0.39 is 5.97 Å². The van der Waals surface area contributed by atoms with Gasteiger partial charge in [-0.15, -0.1) is 0 Å². The molecule has 0 aliphatic carbocycles. The van der Waals surface area contributed by atoms with E-state index in [1.54, 1.807) is 12.1 Å². The molecule has 0 radical (unpaired) electrons. The molecular weight excluding hydrogens is 415 g/mol. The molecular formula is C21H24Cl2N2O4. The normalized spacial score (nSPS) is 16.4. The summed E-state index contributed by atoms with van der Waals surface area (Å²) in [4.78, 5) is 12.2. The first-order valence-corrected chi connectivity index (χ1v) is 10.3. The van der Waals surface area contributed by atoms with Crippen LogP contribution in [0.25, 0.3) is 0 Å². The molecule has 1 atom stereocenters. The fourth-order valence-electron chi connectivity index (χ4n) is 3.31. The van der Waals surface area contributed by atoms with E-state index in [9.17, 15) is 15.0 Å². The zero-order valence-corrected chi connectivity index (χ0v) is 17.4. The molecule has 0 amide bonds. The van der Waals surface area contributed by atoms with Crippen molar-refractivity contribution in [1.82, 2.24) is 5.32 Å². The minimum atomic E-state index is -0.552. The molecule has 1 saturated heterocycles. The molecule has 1 heterocycles. The quantitative estimate of drug-likeness (QED) is 0.468. The standard InChI is InChI=1S/C21H24Cl2N2O4/c22-14-9-13(20(27)18(23)10-14)12-25-16-4-5-17(19(26)11-16)21(28)29-8-6-15-3-1-2-7-24-15/h4-5,9-11,15,24-27H,1-3,6-8,12H2. The number of piperidine rings is 1. The van der Waals surface area contributed by atoms with Crippen molar-refractivity contribution in [3.05, 3.63) is 51.5 Å². The van der Waals surface area contributed by atoms with Crippen LogP contribution in [0.15, 0.2) is 30.3 Å². The summed E-state index contributed by atoms with van der Waals surface area (Å²) in [5.41, 5.74) is 1.20. The number of esters is 1. The van der Waals surface area contributed by atoms with Crippen LogP contribution in [0, 0.1) is 0 Å². The van der Waals surface area contributed by atoms with Gasteiger partial charge in [0.25, 0.3) is 0 Å². The lowest BCUT2D eigenvalue weighted by Gasteiger charge is -2.23. The van der Waals surface area contributed by atoms with Crippen molar-refractivity contribution in [2.75, 3.05) is 18.5 Å². The van der Waals surface area contributed by atoms with Gasteiger partial charge >= 0.3 is 5.97 Å². The highest BCUT2D eigenvalue weighted by Gasteiger charge is 2.16. The number of benzene rings is 2. The van der Waals surface area contributed by atoms with Crippen LogP contribution in [0.5, 0.6) is 11.5 Å². The number of hydrogen-bond acceptors (Lipinski definition) is 6. The molecule has 0 spiro atoms. The van der Waals surface area contributed by atoms with E-state index in [1.807, 2.05) is 0 Å². The fraction of sp³-hybridized carbons (Fsp3) is 0.381. The summed E-state index contributed by atoms with van der Waals surface area (Å²) in [6.45, 7) is 1.56. The van der Waals surface area contributed by atoms with E-state index in [0.29, 0.717) is 28.9 Å². The topological polar surface area (TPSA) is 90.8 Å². The number of ether oxygens (including phenoxy) is 1. The minimum absolute atomic E-state index is 0.0551. The van der Waals surface area contributed by atoms with Crippen molar-refractivity contribution >= 4 is 34.9 Å². The van der Waals surface area contributed by atoms with Crippen LogP contribution in [-0.2, 0) is 11.3 Å². The number of halogens is 2. The van der Waals surface area contributed by atoms with Gasteiger partial charge in [0.15, 0.2) is 0 Å². The van der Waals surface area contributed by atoms with Gasteiger partial charge in [0.2, 0.25) is 0 Å². The first kappa shape index (κ1) is 21.6. The van der Waals surface area contributed by atoms with Crippen molar-refractivity contribution in [3.63, 3.8) is 0 Å². The molecule has 1 unspecified atom stereocenters. The van der Waals surface area contributed by atoms with E-state index in [1.165, 1.54) is 31.0 Å². The predicted octanol–water partition coefficient (Wildman–Crippen LogP) is 4.71. The van der Waals surface area contributed by atoms with Gasteiger partial charge in [-0.3, -0.25) is 0 Å². The van der Waals surface area contributed by atoms with Gasteiger partial charge in [-0.25, -0.2) is 4.79 Å². The number of carbonyl (C=O) groups is 1. The molecule has 3 rings (SSSR count). The maximum atomic E-state index is 12.2. The Kier molecular flexibility index (Phi) is 7.47. The second-order valence-electron chi connectivity index (χ2n) is 7.05. The minimum Gasteiger partial charge on any atom is -0.507 e. The fourth-order valence-corrected chi connectivity index (χ4v) is 3.84. The lowest BCUT2D eigenvalue weighted by atomic mass is 10.0. The summed E-state index contributed by atoms with van der Waals surface area (Å²) in [5.74, 6) is -0.784. The van der Waals surface area contributed by atoms with Crippen LogP contribution in [0.3, 0.4) is 0 Å². The average Bonchev–Trinajstić information content (AvgIpc) is 2.70. The van der Waals surface area contributed by atoms with Crippen LogP contribution in [0.4, 0.5) is 5.69 Å². The van der Waals surface area contributed by atoms with E-state index in [2.05, 4.69) is 10.6 Å². The summed E-state index contributed by atoms with van der Waals surface area (Å²) in [6, 6.07) is 8.03. The molecule has 0 aromatic heterocycles. The molecule has 4 N–H and O–H groups in total. The van der Waals surface area contributed by atoms with Crippen LogP contribution in [0.2, 0.25) is 10.0 Å². The van der Waals surface area contributed by atoms with Crippen LogP contribution in [0.1, 0.15) is 41.6 Å². The number of hydrogen-bond donors (Lipinski definition) is 4. The molecule has 2 aromatic carbocycles. The Labute approximate surface area is 179 Å². The van der Waals surface area contributed by atoms with Crippen molar-refractivity contribution in [2.45, 2.75) is 38.3 Å². The molecule has 2 aromatic rings. The van der Waals surface area contributed by atoms with E-state index >= 15 is 0 Å². The highest BCUT2D eigenvalue weighted by molar-refractivity contribution is 6.35. The molecule has 156 valence electrons. The molecule has 1 aliphatic heterocycles. The van der Waals surface area contributed by atoms with Gasteiger partial charge in [-0.2, -0.15) is 0 Å². The molecule has 8 heteroatoms. The maximum Gasteiger partial charge on any atom is 0.341 e. The number of aromatic hydroxyl groups is 2. The zero-order chi connectivity index (χ0) is 20.8. The third-order valence-corrected chi connectivity index (χ3v) is 5.43. The van der Waals surface area contributed by atoms with Crippen molar-refractivity contribution in [1.29, 1.82) is 0 Å². The lowest BCUT2D eigenvalue weighted by molar-refractivity contribution is 0.0482. The monoisotopic (exact) mass is 438 g/mol. The number of phenolic OH excluding ortho intramolecular Hbond substituents is 2. The Hall–Kier alpha value is -2.15. The second kappa shape index (κ2) is 10.1. The maximum absolute atomic E-state index is 12.2. The molecule has 1 fully saturated rings. The average molecular weight is 439 g/mol. The number of carbonyl (C=O) groups excluding carboxylic acids is 1. The summed E-state index contributed by atoms with van der Waals surface area (Å²) in [6.07, 6.45) is 4.24. The van der Waals surface area contributed by atoms with Gasteiger partial charge in [-0.05, 0) is 50.1 Å². The smallest absolute Gasteiger partial charge is 0.341 e. The van der Waals surface area contributed by atoms with Crippen LogP contribution >= 0.6 is 23.2 Å². The second-order valence-corrected chi connectivity index (χ2v) is 7.90. The summed E-state index contributed by atoms with van der Waals surface area (Å²) in [7, 11) is 0. The van der Waals surface area contributed by atoms with Crippen LogP contribution < -0.4 is 10.6 Å². The Morgan fingerprint density at radius 1 is 1.21 bits per heavy atom. The lowest BCUT2D eigenvalue weighted by Crippen LogP contribution is -2.35. The third kappa shape index (κ3) is 5.92. The summed E-state index contributed by atoms with van der Waals surface area (Å²) >= 11 is 11.9. The van der Waals surface area contributed by atoms with E-state index in [-0.39, 0.29) is 28.6 Å². The summed E-state index contributed by atoms with van der Waals surface area (Å²) in [5, 5.41) is 27.2. The van der Waals surface area contributed by atoms with Crippen molar-refractivity contribution in [2.24, 2.45) is 0 Å². The SMILES string of the molecule is O=C(OCCC1CCCCN1)c1ccc(NCc2cc(Cl)cc(Cl)c2O)cc1O. The largest absolute Gasteiger partial charge is 0.507 e. The molecule has 0 bridgehead atoms. The number of anilines is 1. The summed E-state index contributed by atoms with van der Waals surface area (Å²) < 4.78 is 5.30. The molecule has 0 saturated carbocycles. The van der Waals surface area contributed by atoms with E-state index in [4.69, 9.17) is 27.9 Å². The number of rotatable bonds is 7. The molecule has 29 heavy (non-hydrogen) atoms. The highest BCUT2D eigenvalue weighted by atomic mass is 35.5.